The van der Waals surface area contributed by atoms with Crippen LogP contribution in [0.1, 0.15) is 45.1 Å². The van der Waals surface area contributed by atoms with Crippen LogP contribution in [0.5, 0.6) is 0 Å². The molecule has 2 nitrogen and oxygen atoms in total. The lowest BCUT2D eigenvalue weighted by Gasteiger charge is -2.22. The zero-order valence-corrected chi connectivity index (χ0v) is 12.4. The van der Waals surface area contributed by atoms with Crippen LogP contribution < -0.4 is 5.73 Å². The minimum atomic E-state index is 0.818. The van der Waals surface area contributed by atoms with Gasteiger partial charge >= 0.3 is 0 Å². The van der Waals surface area contributed by atoms with Crippen molar-refractivity contribution in [3.05, 3.63) is 29.8 Å². The van der Waals surface area contributed by atoms with Gasteiger partial charge in [-0.15, -0.1) is 0 Å². The first-order valence-corrected chi connectivity index (χ1v) is 7.73. The van der Waals surface area contributed by atoms with Gasteiger partial charge in [-0.1, -0.05) is 26.0 Å². The molecule has 1 fully saturated rings. The first kappa shape index (κ1) is 14.4. The Morgan fingerprint density at radius 1 is 1.16 bits per heavy atom. The second kappa shape index (κ2) is 6.95. The molecule has 0 saturated heterocycles. The van der Waals surface area contributed by atoms with Crippen molar-refractivity contribution in [1.82, 2.24) is 4.90 Å². The molecule has 0 aromatic heterocycles. The Labute approximate surface area is 118 Å². The Kier molecular flexibility index (Phi) is 5.26. The largest absolute Gasteiger partial charge is 0.399 e. The van der Waals surface area contributed by atoms with E-state index < -0.39 is 0 Å². The first-order chi connectivity index (χ1) is 9.15. The van der Waals surface area contributed by atoms with Gasteiger partial charge < -0.3 is 10.6 Å². The molecule has 1 aromatic carbocycles. The Morgan fingerprint density at radius 3 is 2.42 bits per heavy atom. The Hall–Kier alpha value is -1.02. The van der Waals surface area contributed by atoms with Crippen LogP contribution in [0.2, 0.25) is 0 Å². The molecule has 0 unspecified atom stereocenters. The van der Waals surface area contributed by atoms with Gasteiger partial charge in [0.1, 0.15) is 0 Å². The van der Waals surface area contributed by atoms with E-state index in [1.54, 1.807) is 0 Å². The molecule has 2 heteroatoms. The van der Waals surface area contributed by atoms with Crippen LogP contribution in [-0.4, -0.2) is 24.0 Å². The van der Waals surface area contributed by atoms with Crippen LogP contribution in [0, 0.1) is 5.92 Å². The van der Waals surface area contributed by atoms with Gasteiger partial charge in [-0.25, -0.2) is 0 Å². The Morgan fingerprint density at radius 2 is 1.84 bits per heavy atom. The summed E-state index contributed by atoms with van der Waals surface area (Å²) < 4.78 is 0. The molecule has 0 spiro atoms. The van der Waals surface area contributed by atoms with Gasteiger partial charge in [-0.05, 0) is 68.8 Å². The van der Waals surface area contributed by atoms with E-state index in [-0.39, 0.29) is 0 Å². The zero-order chi connectivity index (χ0) is 13.7. The molecule has 2 N–H and O–H groups in total. The third-order valence-electron chi connectivity index (χ3n) is 3.95. The maximum atomic E-state index is 5.71. The minimum Gasteiger partial charge on any atom is -0.399 e. The highest BCUT2D eigenvalue weighted by atomic mass is 15.2. The number of benzene rings is 1. The summed E-state index contributed by atoms with van der Waals surface area (Å²) in [5, 5.41) is 0. The third kappa shape index (κ3) is 5.23. The summed E-state index contributed by atoms with van der Waals surface area (Å²) in [6.07, 6.45) is 6.60. The molecule has 106 valence electrons. The minimum absolute atomic E-state index is 0.818. The Bertz CT molecular complexity index is 365. The summed E-state index contributed by atoms with van der Waals surface area (Å²) in [4.78, 5) is 2.71. The van der Waals surface area contributed by atoms with Gasteiger partial charge in [0.05, 0.1) is 0 Å². The predicted molar refractivity (Wildman–Crippen MR) is 83.2 cm³/mol. The standard InChI is InChI=1S/C17H28N2/c1-14(2)11-13-19(17-9-10-17)12-3-4-15-5-7-16(18)8-6-15/h5-8,14,17H,3-4,9-13,18H2,1-2H3. The van der Waals surface area contributed by atoms with Crippen molar-refractivity contribution in [2.75, 3.05) is 18.8 Å². The fourth-order valence-corrected chi connectivity index (χ4v) is 2.51. The molecule has 0 bridgehead atoms. The van der Waals surface area contributed by atoms with Crippen molar-refractivity contribution in [1.29, 1.82) is 0 Å². The predicted octanol–water partition coefficient (Wildman–Crippen LogP) is 3.71. The fraction of sp³-hybridized carbons (Fsp3) is 0.647. The average Bonchev–Trinajstić information content (AvgIpc) is 3.20. The van der Waals surface area contributed by atoms with Gasteiger partial charge in [0.2, 0.25) is 0 Å². The molecule has 2 rings (SSSR count). The second-order valence-corrected chi connectivity index (χ2v) is 6.29. The summed E-state index contributed by atoms with van der Waals surface area (Å²) in [5.74, 6) is 0.818. The highest BCUT2D eigenvalue weighted by Gasteiger charge is 2.28. The lowest BCUT2D eigenvalue weighted by molar-refractivity contribution is 0.245. The zero-order valence-electron chi connectivity index (χ0n) is 12.4. The van der Waals surface area contributed by atoms with Crippen LogP contribution in [-0.2, 0) is 6.42 Å². The van der Waals surface area contributed by atoms with E-state index in [0.717, 1.165) is 17.6 Å². The van der Waals surface area contributed by atoms with Crippen LogP contribution in [0.15, 0.2) is 24.3 Å². The lowest BCUT2D eigenvalue weighted by atomic mass is 10.1. The highest BCUT2D eigenvalue weighted by molar-refractivity contribution is 5.39. The number of rotatable bonds is 8. The third-order valence-corrected chi connectivity index (χ3v) is 3.95. The number of nitrogens with zero attached hydrogens (tertiary/aromatic N) is 1. The van der Waals surface area contributed by atoms with Crippen LogP contribution >= 0.6 is 0 Å². The van der Waals surface area contributed by atoms with E-state index in [2.05, 4.69) is 30.9 Å². The quantitative estimate of drug-likeness (QED) is 0.722. The fourth-order valence-electron chi connectivity index (χ4n) is 2.51. The van der Waals surface area contributed by atoms with Crippen molar-refractivity contribution in [2.45, 2.75) is 52.0 Å². The molecule has 19 heavy (non-hydrogen) atoms. The van der Waals surface area contributed by atoms with E-state index >= 15 is 0 Å². The number of hydrogen-bond acceptors (Lipinski definition) is 2. The SMILES string of the molecule is CC(C)CCN(CCCc1ccc(N)cc1)C1CC1. The molecule has 0 heterocycles. The monoisotopic (exact) mass is 260 g/mol. The van der Waals surface area contributed by atoms with E-state index in [1.165, 1.54) is 50.8 Å². The molecular formula is C17H28N2. The van der Waals surface area contributed by atoms with Gasteiger partial charge in [-0.3, -0.25) is 0 Å². The highest BCUT2D eigenvalue weighted by Crippen LogP contribution is 2.27. The van der Waals surface area contributed by atoms with Crippen molar-refractivity contribution in [3.8, 4) is 0 Å². The maximum absolute atomic E-state index is 5.71. The summed E-state index contributed by atoms with van der Waals surface area (Å²) in [6, 6.07) is 9.22. The molecule has 1 saturated carbocycles. The summed E-state index contributed by atoms with van der Waals surface area (Å²) in [5.41, 5.74) is 7.98. The number of aryl methyl sites for hydroxylation is 1. The topological polar surface area (TPSA) is 29.3 Å². The van der Waals surface area contributed by atoms with Crippen LogP contribution in [0.4, 0.5) is 5.69 Å². The Balaban J connectivity index is 1.71. The van der Waals surface area contributed by atoms with Crippen LogP contribution in [0.3, 0.4) is 0 Å². The smallest absolute Gasteiger partial charge is 0.0314 e. The molecular weight excluding hydrogens is 232 g/mol. The van der Waals surface area contributed by atoms with Gasteiger partial charge in [-0.2, -0.15) is 0 Å². The van der Waals surface area contributed by atoms with Crippen molar-refractivity contribution < 1.29 is 0 Å². The van der Waals surface area contributed by atoms with Crippen molar-refractivity contribution in [2.24, 2.45) is 5.92 Å². The van der Waals surface area contributed by atoms with E-state index in [9.17, 15) is 0 Å². The van der Waals surface area contributed by atoms with Gasteiger partial charge in [0.15, 0.2) is 0 Å². The number of hydrogen-bond donors (Lipinski definition) is 1. The van der Waals surface area contributed by atoms with Crippen molar-refractivity contribution >= 4 is 5.69 Å². The first-order valence-electron chi connectivity index (χ1n) is 7.73. The summed E-state index contributed by atoms with van der Waals surface area (Å²) >= 11 is 0. The molecule has 0 aliphatic heterocycles. The van der Waals surface area contributed by atoms with Gasteiger partial charge in [0.25, 0.3) is 0 Å². The van der Waals surface area contributed by atoms with E-state index in [4.69, 9.17) is 5.73 Å². The number of anilines is 1. The molecule has 1 aromatic rings. The lowest BCUT2D eigenvalue weighted by Crippen LogP contribution is -2.29. The van der Waals surface area contributed by atoms with Crippen LogP contribution in [0.25, 0.3) is 0 Å². The van der Waals surface area contributed by atoms with Crippen molar-refractivity contribution in [3.63, 3.8) is 0 Å². The van der Waals surface area contributed by atoms with E-state index in [1.807, 2.05) is 12.1 Å². The number of nitrogen functional groups attached to an aromatic ring is 1. The van der Waals surface area contributed by atoms with E-state index in [0.29, 0.717) is 0 Å². The molecule has 0 amide bonds. The molecule has 0 atom stereocenters. The average molecular weight is 260 g/mol. The van der Waals surface area contributed by atoms with Gasteiger partial charge in [0, 0.05) is 11.7 Å². The number of nitrogens with two attached hydrogens (primary N) is 1. The normalized spacial score (nSPS) is 15.4. The molecule has 1 aliphatic carbocycles. The second-order valence-electron chi connectivity index (χ2n) is 6.29. The summed E-state index contributed by atoms with van der Waals surface area (Å²) in [6.45, 7) is 7.17. The summed E-state index contributed by atoms with van der Waals surface area (Å²) in [7, 11) is 0. The molecule has 1 aliphatic rings. The molecule has 0 radical (unpaired) electrons. The maximum Gasteiger partial charge on any atom is 0.0314 e.